The Labute approximate surface area is 96.4 Å². The molecule has 2 nitrogen and oxygen atoms in total. The summed E-state index contributed by atoms with van der Waals surface area (Å²) in [4.78, 5) is 7.47. The van der Waals surface area contributed by atoms with Crippen LogP contribution in [0.2, 0.25) is 11.1 Å². The Morgan fingerprint density at radius 2 is 1.33 bits per heavy atom. The maximum Gasteiger partial charge on any atom is 0.207 e. The van der Waals surface area contributed by atoms with E-state index < -0.39 is 8.40 Å². The van der Waals surface area contributed by atoms with Gasteiger partial charge < -0.3 is 9.96 Å². The molecular weight excluding hydrogens is 200 g/mol. The van der Waals surface area contributed by atoms with Gasteiger partial charge in [-0.15, -0.1) is 0 Å². The molecule has 0 aromatic carbocycles. The molecule has 90 valence electrons. The van der Waals surface area contributed by atoms with Crippen LogP contribution in [-0.4, -0.2) is 22.5 Å². The van der Waals surface area contributed by atoms with E-state index >= 15 is 0 Å². The Morgan fingerprint density at radius 3 is 1.60 bits per heavy atom. The van der Waals surface area contributed by atoms with E-state index in [1.807, 2.05) is 0 Å². The summed E-state index contributed by atoms with van der Waals surface area (Å²) in [5, 5.41) is 0. The molecule has 3 heteroatoms. The monoisotopic (exact) mass is 228 g/mol. The molecule has 1 aliphatic rings. The lowest BCUT2D eigenvalue weighted by molar-refractivity contribution is 0.621. The third-order valence-electron chi connectivity index (χ3n) is 4.46. The van der Waals surface area contributed by atoms with Crippen molar-refractivity contribution in [3.05, 3.63) is 0 Å². The first-order chi connectivity index (χ1) is 7.25. The van der Waals surface area contributed by atoms with Gasteiger partial charge in [0.1, 0.15) is 0 Å². The van der Waals surface area contributed by atoms with Crippen LogP contribution < -0.4 is 9.96 Å². The van der Waals surface area contributed by atoms with E-state index in [0.717, 1.165) is 11.1 Å². The topological polar surface area (TPSA) is 24.1 Å². The first-order valence-electron chi connectivity index (χ1n) is 6.62. The largest absolute Gasteiger partial charge is 0.328 e. The van der Waals surface area contributed by atoms with Crippen LogP contribution in [0.25, 0.3) is 0 Å². The van der Waals surface area contributed by atoms with Crippen LogP contribution in [0.15, 0.2) is 0 Å². The van der Waals surface area contributed by atoms with E-state index in [-0.39, 0.29) is 0 Å². The third-order valence-corrected chi connectivity index (χ3v) is 10.1. The van der Waals surface area contributed by atoms with Crippen molar-refractivity contribution in [3.63, 3.8) is 0 Å². The lowest BCUT2D eigenvalue weighted by Gasteiger charge is -2.42. The van der Waals surface area contributed by atoms with Crippen molar-refractivity contribution in [3.8, 4) is 0 Å². The predicted molar refractivity (Wildman–Crippen MR) is 70.4 cm³/mol. The number of rotatable bonds is 4. The molecule has 2 N–H and O–H groups in total. The molecule has 1 saturated heterocycles. The minimum Gasteiger partial charge on any atom is -0.328 e. The highest BCUT2D eigenvalue weighted by molar-refractivity contribution is 6.77. The van der Waals surface area contributed by atoms with Gasteiger partial charge in [0, 0.05) is 0 Å². The average molecular weight is 228 g/mol. The van der Waals surface area contributed by atoms with Gasteiger partial charge in [0.15, 0.2) is 0 Å². The molecule has 1 rings (SSSR count). The van der Waals surface area contributed by atoms with Gasteiger partial charge in [-0.2, -0.15) is 0 Å². The van der Waals surface area contributed by atoms with Crippen molar-refractivity contribution < 1.29 is 0 Å². The second-order valence-electron chi connectivity index (χ2n) is 4.86. The molecule has 0 aromatic heterocycles. The summed E-state index contributed by atoms with van der Waals surface area (Å²) in [6.07, 6.45) is 8.41. The van der Waals surface area contributed by atoms with E-state index in [9.17, 15) is 0 Å². The zero-order chi connectivity index (χ0) is 11.3. The Balaban J connectivity index is 2.93. The highest BCUT2D eigenvalue weighted by Crippen LogP contribution is 2.42. The highest BCUT2D eigenvalue weighted by atomic mass is 28.3. The lowest BCUT2D eigenvalue weighted by Crippen LogP contribution is -2.65. The standard InChI is InChI=1S/C12H28N2Si/c1-5-11-9-7-8-10-12(6-2)15(11,13-3)14-4/h11-14H,5-10H2,1-4H3. The molecule has 1 fully saturated rings. The molecule has 0 radical (unpaired) electrons. The van der Waals surface area contributed by atoms with Crippen LogP contribution in [0, 0.1) is 0 Å². The summed E-state index contributed by atoms with van der Waals surface area (Å²) in [6.45, 7) is 4.72. The van der Waals surface area contributed by atoms with Crippen LogP contribution in [0.1, 0.15) is 52.4 Å². The number of hydrogen-bond donors (Lipinski definition) is 2. The fourth-order valence-corrected chi connectivity index (χ4v) is 8.72. The fourth-order valence-electron chi connectivity index (χ4n) is 3.56. The van der Waals surface area contributed by atoms with Crippen LogP contribution in [0.3, 0.4) is 0 Å². The Kier molecular flexibility index (Phi) is 5.30. The molecule has 2 atom stereocenters. The summed E-state index contributed by atoms with van der Waals surface area (Å²) in [5.41, 5.74) is 1.83. The van der Waals surface area contributed by atoms with Gasteiger partial charge in [-0.3, -0.25) is 0 Å². The molecule has 0 aromatic rings. The summed E-state index contributed by atoms with van der Waals surface area (Å²) < 4.78 is 0. The second kappa shape index (κ2) is 6.02. The molecular formula is C12H28N2Si. The van der Waals surface area contributed by atoms with E-state index in [4.69, 9.17) is 0 Å². The highest BCUT2D eigenvalue weighted by Gasteiger charge is 2.45. The van der Waals surface area contributed by atoms with Gasteiger partial charge in [-0.05, 0) is 25.2 Å². The Morgan fingerprint density at radius 1 is 0.933 bits per heavy atom. The third kappa shape index (κ3) is 2.45. The molecule has 0 bridgehead atoms. The van der Waals surface area contributed by atoms with Crippen molar-refractivity contribution >= 4 is 8.40 Å². The Bertz CT molecular complexity index is 164. The quantitative estimate of drug-likeness (QED) is 0.723. The summed E-state index contributed by atoms with van der Waals surface area (Å²) >= 11 is 0. The van der Waals surface area contributed by atoms with Gasteiger partial charge in [0.2, 0.25) is 8.40 Å². The van der Waals surface area contributed by atoms with Gasteiger partial charge in [0.05, 0.1) is 0 Å². The van der Waals surface area contributed by atoms with Crippen LogP contribution in [0.5, 0.6) is 0 Å². The van der Waals surface area contributed by atoms with Crippen molar-refractivity contribution in [2.24, 2.45) is 0 Å². The normalized spacial score (nSPS) is 31.2. The zero-order valence-corrected chi connectivity index (χ0v) is 11.9. The molecule has 0 aliphatic carbocycles. The first kappa shape index (κ1) is 13.2. The fraction of sp³-hybridized carbons (Fsp3) is 1.00. The smallest absolute Gasteiger partial charge is 0.207 e. The van der Waals surface area contributed by atoms with E-state index in [0.29, 0.717) is 0 Å². The number of nitrogens with one attached hydrogen (secondary N) is 2. The maximum atomic E-state index is 3.74. The van der Waals surface area contributed by atoms with Crippen LogP contribution >= 0.6 is 0 Å². The summed E-state index contributed by atoms with van der Waals surface area (Å²) in [6, 6.07) is 0. The van der Waals surface area contributed by atoms with Crippen molar-refractivity contribution in [1.82, 2.24) is 9.96 Å². The summed E-state index contributed by atoms with van der Waals surface area (Å²) in [5.74, 6) is 0. The van der Waals surface area contributed by atoms with Gasteiger partial charge in [0.25, 0.3) is 0 Å². The van der Waals surface area contributed by atoms with Gasteiger partial charge >= 0.3 is 0 Å². The van der Waals surface area contributed by atoms with Crippen LogP contribution in [0.4, 0.5) is 0 Å². The summed E-state index contributed by atoms with van der Waals surface area (Å²) in [7, 11) is 2.92. The average Bonchev–Trinajstić information content (AvgIpc) is 2.47. The minimum absolute atomic E-state index is 0.917. The SMILES string of the molecule is CCC1CCCCC(CC)[Si]1(NC)NC. The molecule has 0 spiro atoms. The molecule has 15 heavy (non-hydrogen) atoms. The number of hydrogen-bond acceptors (Lipinski definition) is 2. The lowest BCUT2D eigenvalue weighted by atomic mass is 10.1. The molecule has 1 heterocycles. The van der Waals surface area contributed by atoms with Gasteiger partial charge in [-0.25, -0.2) is 0 Å². The zero-order valence-electron chi connectivity index (χ0n) is 10.9. The van der Waals surface area contributed by atoms with Crippen molar-refractivity contribution in [2.45, 2.75) is 63.5 Å². The predicted octanol–water partition coefficient (Wildman–Crippen LogP) is 3.00. The van der Waals surface area contributed by atoms with E-state index in [1.54, 1.807) is 0 Å². The maximum absolute atomic E-state index is 3.74. The second-order valence-corrected chi connectivity index (χ2v) is 9.23. The molecule has 0 amide bonds. The molecule has 2 unspecified atom stereocenters. The Hall–Kier alpha value is 0.137. The van der Waals surface area contributed by atoms with E-state index in [1.165, 1.54) is 38.5 Å². The first-order valence-corrected chi connectivity index (χ1v) is 8.78. The van der Waals surface area contributed by atoms with E-state index in [2.05, 4.69) is 37.9 Å². The van der Waals surface area contributed by atoms with Crippen LogP contribution in [-0.2, 0) is 0 Å². The van der Waals surface area contributed by atoms with Crippen molar-refractivity contribution in [2.75, 3.05) is 14.1 Å². The van der Waals surface area contributed by atoms with Crippen molar-refractivity contribution in [1.29, 1.82) is 0 Å². The van der Waals surface area contributed by atoms with Gasteiger partial charge in [-0.1, -0.05) is 52.4 Å². The molecule has 0 saturated carbocycles. The molecule has 1 aliphatic heterocycles. The minimum atomic E-state index is -1.44.